The van der Waals surface area contributed by atoms with Crippen LogP contribution in [0.2, 0.25) is 0 Å². The molecule has 21 atom stereocenters. The van der Waals surface area contributed by atoms with Crippen LogP contribution in [0.1, 0.15) is 65.2 Å². The Morgan fingerprint density at radius 2 is 1.22 bits per heavy atom. The van der Waals surface area contributed by atoms with E-state index in [1.54, 1.807) is 0 Å². The van der Waals surface area contributed by atoms with Crippen molar-refractivity contribution in [3.05, 3.63) is 11.6 Å². The normalized spacial score (nSPS) is 51.7. The Morgan fingerprint density at radius 3 is 1.80 bits per heavy atom. The molecule has 1 spiro atoms. The lowest BCUT2D eigenvalue weighted by molar-refractivity contribution is -0.379. The highest BCUT2D eigenvalue weighted by Gasteiger charge is 2.69. The van der Waals surface area contributed by atoms with Crippen molar-refractivity contribution in [2.45, 2.75) is 169 Å². The van der Waals surface area contributed by atoms with Gasteiger partial charge in [0.1, 0.15) is 73.2 Å². The first-order valence-electron chi connectivity index (χ1n) is 21.0. The number of fused-ring (bicyclic) bond motifs is 3. The van der Waals surface area contributed by atoms with Gasteiger partial charge in [0.25, 0.3) is 0 Å². The predicted molar refractivity (Wildman–Crippen MR) is 199 cm³/mol. The van der Waals surface area contributed by atoms with Crippen LogP contribution in [0, 0.1) is 28.1 Å². The number of allylic oxidation sites excluding steroid dienone is 1. The lowest BCUT2D eigenvalue weighted by Gasteiger charge is -2.64. The highest BCUT2D eigenvalue weighted by atomic mass is 16.8. The fourth-order valence-electron chi connectivity index (χ4n) is 12.3. The third kappa shape index (κ3) is 7.48. The molecule has 4 aliphatic carbocycles. The Hall–Kier alpha value is -1.51. The van der Waals surface area contributed by atoms with Crippen LogP contribution in [0.5, 0.6) is 0 Å². The zero-order valence-corrected chi connectivity index (χ0v) is 34.3. The molecule has 20 heteroatoms. The molecule has 7 aliphatic rings. The maximum atomic E-state index is 14.3. The molecule has 344 valence electrons. The molecule has 0 aromatic heterocycles. The number of methoxy groups -OCH3 is 2. The molecule has 0 aromatic carbocycles. The molecule has 3 saturated carbocycles. The molecule has 7 rings (SSSR count). The average Bonchev–Trinajstić information content (AvgIpc) is 3.46. The number of ether oxygens (including phenoxy) is 8. The van der Waals surface area contributed by atoms with E-state index in [2.05, 4.69) is 13.0 Å². The second-order valence-corrected chi connectivity index (χ2v) is 18.5. The standard InChI is InChI=1S/C40H64O20/c1-37-8-5-9-38(2,36(52)59-34-30(51)27(48)24(45)19(14-42)56-34)21(37)6-10-39-12-17(32(53-3)54-4)40(16-39,11-7-22(37)39)60-35-31(28(49)25(46)20(15-43)57-35)58-33-29(50)26(47)23(44)18(13-41)55-33/h12,18-35,41-51H,5-11,13-16H2,1-4H3/t18-,19-,20-,21+,22+,23-,24-,25-,26+,27+,28+,29-,30-,31-,33+,34+,35+,37-,38-,39-,40+/m1/s1. The minimum absolute atomic E-state index is 0.0157. The average molecular weight is 865 g/mol. The molecule has 60 heavy (non-hydrogen) atoms. The largest absolute Gasteiger partial charge is 0.432 e. The summed E-state index contributed by atoms with van der Waals surface area (Å²) < 4.78 is 47.6. The molecular weight excluding hydrogens is 800 g/mol. The van der Waals surface area contributed by atoms with Gasteiger partial charge in [0.15, 0.2) is 18.9 Å². The van der Waals surface area contributed by atoms with Crippen LogP contribution in [-0.2, 0) is 42.7 Å². The van der Waals surface area contributed by atoms with Crippen molar-refractivity contribution >= 4 is 5.97 Å². The van der Waals surface area contributed by atoms with Gasteiger partial charge in [-0.3, -0.25) is 4.79 Å². The van der Waals surface area contributed by atoms with Gasteiger partial charge in [0.05, 0.1) is 30.8 Å². The number of carbonyl (C=O) groups excluding carboxylic acids is 1. The highest BCUT2D eigenvalue weighted by Crippen LogP contribution is 2.72. The van der Waals surface area contributed by atoms with Crippen molar-refractivity contribution in [1.29, 1.82) is 0 Å². The van der Waals surface area contributed by atoms with Gasteiger partial charge in [-0.25, -0.2) is 0 Å². The minimum atomic E-state index is -1.85. The molecule has 3 aliphatic heterocycles. The zero-order chi connectivity index (χ0) is 43.7. The third-order valence-electron chi connectivity index (χ3n) is 15.3. The van der Waals surface area contributed by atoms with Crippen LogP contribution in [-0.4, -0.2) is 200 Å². The van der Waals surface area contributed by atoms with E-state index in [0.29, 0.717) is 50.5 Å². The molecule has 20 nitrogen and oxygen atoms in total. The molecule has 6 fully saturated rings. The predicted octanol–water partition coefficient (Wildman–Crippen LogP) is -3.34. The van der Waals surface area contributed by atoms with E-state index in [1.165, 1.54) is 14.2 Å². The molecule has 3 heterocycles. The van der Waals surface area contributed by atoms with Gasteiger partial charge in [-0.2, -0.15) is 0 Å². The summed E-state index contributed by atoms with van der Waals surface area (Å²) in [5.41, 5.74) is -2.57. The lowest BCUT2D eigenvalue weighted by atomic mass is 9.40. The lowest BCUT2D eigenvalue weighted by Crippen LogP contribution is -2.66. The SMILES string of the molecule is COC(OC)C1=C[C@@]23CC[C@H]4[C@@](C)(CCC[C@@]4(C)C(=O)O[C@@H]4O[C@H](CO)[C@@H](O)[C@H](O)[C@H]4O)[C@@H]2CC[C@]1(O[C@@H]1O[C@H](CO)[C@@H](O)[C@H](O)[C@H]1O[C@@H]1O[C@H](CO)[C@@H](O)[C@H](O)[C@H]1O)C3. The van der Waals surface area contributed by atoms with Crippen molar-refractivity contribution in [2.75, 3.05) is 34.0 Å². The summed E-state index contributed by atoms with van der Waals surface area (Å²) in [6.07, 6.45) is -18.6. The second kappa shape index (κ2) is 17.5. The van der Waals surface area contributed by atoms with E-state index in [4.69, 9.17) is 37.9 Å². The van der Waals surface area contributed by atoms with Gasteiger partial charge >= 0.3 is 5.97 Å². The molecule has 0 unspecified atom stereocenters. The van der Waals surface area contributed by atoms with Crippen LogP contribution in [0.4, 0.5) is 0 Å². The summed E-state index contributed by atoms with van der Waals surface area (Å²) in [5, 5.41) is 115. The summed E-state index contributed by atoms with van der Waals surface area (Å²) in [5.74, 6) is -0.830. The summed E-state index contributed by atoms with van der Waals surface area (Å²) in [4.78, 5) is 14.3. The van der Waals surface area contributed by atoms with Gasteiger partial charge in [-0.1, -0.05) is 19.4 Å². The zero-order valence-electron chi connectivity index (χ0n) is 34.3. The van der Waals surface area contributed by atoms with Gasteiger partial charge < -0.3 is 94.1 Å². The van der Waals surface area contributed by atoms with Gasteiger partial charge in [-0.15, -0.1) is 0 Å². The van der Waals surface area contributed by atoms with E-state index in [0.717, 1.165) is 6.42 Å². The monoisotopic (exact) mass is 864 g/mol. The smallest absolute Gasteiger partial charge is 0.314 e. The first-order chi connectivity index (χ1) is 28.4. The number of aliphatic hydroxyl groups excluding tert-OH is 11. The van der Waals surface area contributed by atoms with Gasteiger partial charge in [0.2, 0.25) is 6.29 Å². The van der Waals surface area contributed by atoms with E-state index >= 15 is 0 Å². The van der Waals surface area contributed by atoms with Crippen LogP contribution >= 0.6 is 0 Å². The Bertz CT molecular complexity index is 1550. The third-order valence-corrected chi connectivity index (χ3v) is 15.3. The summed E-state index contributed by atoms with van der Waals surface area (Å²) in [6.45, 7) is 1.92. The fraction of sp³-hybridized carbons (Fsp3) is 0.925. The van der Waals surface area contributed by atoms with E-state index in [1.807, 2.05) is 6.92 Å². The van der Waals surface area contributed by atoms with Crippen molar-refractivity contribution in [2.24, 2.45) is 28.1 Å². The van der Waals surface area contributed by atoms with Crippen molar-refractivity contribution in [3.8, 4) is 0 Å². The van der Waals surface area contributed by atoms with Gasteiger partial charge in [-0.05, 0) is 74.5 Å². The first-order valence-corrected chi connectivity index (χ1v) is 21.0. The first kappa shape index (κ1) is 46.5. The second-order valence-electron chi connectivity index (χ2n) is 18.5. The molecule has 3 saturated heterocycles. The Kier molecular flexibility index (Phi) is 13.5. The summed E-state index contributed by atoms with van der Waals surface area (Å²) in [7, 11) is 2.96. The quantitative estimate of drug-likeness (QED) is 0.0396. The van der Waals surface area contributed by atoms with E-state index < -0.39 is 146 Å². The molecule has 2 bridgehead atoms. The highest BCUT2D eigenvalue weighted by molar-refractivity contribution is 5.77. The summed E-state index contributed by atoms with van der Waals surface area (Å²) in [6, 6.07) is 0. The maximum Gasteiger partial charge on any atom is 0.314 e. The number of aliphatic hydroxyl groups is 11. The van der Waals surface area contributed by atoms with Crippen LogP contribution in [0.15, 0.2) is 11.6 Å². The van der Waals surface area contributed by atoms with E-state index in [9.17, 15) is 61.0 Å². The summed E-state index contributed by atoms with van der Waals surface area (Å²) >= 11 is 0. The molecule has 11 N–H and O–H groups in total. The molecule has 0 radical (unpaired) electrons. The number of esters is 1. The molecular formula is C40H64O20. The van der Waals surface area contributed by atoms with Crippen molar-refractivity contribution in [1.82, 2.24) is 0 Å². The fourth-order valence-corrected chi connectivity index (χ4v) is 12.3. The topological polar surface area (TPSA) is 313 Å². The maximum absolute atomic E-state index is 14.3. The number of hydrogen-bond acceptors (Lipinski definition) is 20. The Morgan fingerprint density at radius 1 is 0.683 bits per heavy atom. The minimum Gasteiger partial charge on any atom is -0.432 e. The molecule has 0 aromatic rings. The van der Waals surface area contributed by atoms with E-state index in [-0.39, 0.29) is 11.8 Å². The number of carbonyl (C=O) groups is 1. The number of hydrogen-bond donors (Lipinski definition) is 11. The van der Waals surface area contributed by atoms with Crippen LogP contribution in [0.25, 0.3) is 0 Å². The van der Waals surface area contributed by atoms with Crippen LogP contribution < -0.4 is 0 Å². The Labute approximate surface area is 347 Å². The van der Waals surface area contributed by atoms with Crippen LogP contribution in [0.3, 0.4) is 0 Å². The molecule has 0 amide bonds. The van der Waals surface area contributed by atoms with Crippen molar-refractivity contribution < 1.29 is 98.9 Å². The van der Waals surface area contributed by atoms with Gasteiger partial charge in [0, 0.05) is 19.8 Å². The Balaban J connectivity index is 1.17. The van der Waals surface area contributed by atoms with Crippen molar-refractivity contribution in [3.63, 3.8) is 0 Å². The number of rotatable bonds is 12.